The van der Waals surface area contributed by atoms with Crippen LogP contribution in [0.2, 0.25) is 0 Å². The number of nitrogens with zero attached hydrogens (tertiary/aromatic N) is 1. The van der Waals surface area contributed by atoms with Gasteiger partial charge in [0.1, 0.15) is 0 Å². The van der Waals surface area contributed by atoms with Crippen molar-refractivity contribution in [2.75, 3.05) is 27.4 Å². The van der Waals surface area contributed by atoms with Crippen LogP contribution in [-0.2, 0) is 24.4 Å². The van der Waals surface area contributed by atoms with Crippen LogP contribution < -0.4 is 20.1 Å². The second-order valence-corrected chi connectivity index (χ2v) is 6.56. The number of rotatable bonds is 11. The van der Waals surface area contributed by atoms with Gasteiger partial charge in [0.25, 0.3) is 0 Å². The number of hydrogen-bond donors (Lipinski definition) is 2. The molecule has 0 atom stereocenters. The molecule has 0 aromatic heterocycles. The van der Waals surface area contributed by atoms with E-state index in [4.69, 9.17) is 19.2 Å². The number of aliphatic imine (C=N–C) groups is 1. The van der Waals surface area contributed by atoms with Gasteiger partial charge in [0.05, 0.1) is 27.4 Å². The fourth-order valence-corrected chi connectivity index (χ4v) is 2.87. The van der Waals surface area contributed by atoms with Gasteiger partial charge in [0.2, 0.25) is 0 Å². The number of guanidine groups is 1. The summed E-state index contributed by atoms with van der Waals surface area (Å²) in [4.78, 5) is 4.70. The van der Waals surface area contributed by atoms with E-state index in [9.17, 15) is 0 Å². The average Bonchev–Trinajstić information content (AvgIpc) is 2.76. The molecule has 0 aliphatic rings. The van der Waals surface area contributed by atoms with E-state index < -0.39 is 0 Å². The molecule has 0 unspecified atom stereocenters. The van der Waals surface area contributed by atoms with Crippen molar-refractivity contribution in [3.8, 4) is 11.5 Å². The molecule has 0 saturated carbocycles. The van der Waals surface area contributed by atoms with Crippen LogP contribution in [0.3, 0.4) is 0 Å². The minimum atomic E-state index is 0. The van der Waals surface area contributed by atoms with Crippen LogP contribution in [0.1, 0.15) is 37.0 Å². The first kappa shape index (κ1) is 26.0. The van der Waals surface area contributed by atoms with Gasteiger partial charge in [-0.25, -0.2) is 4.99 Å². The lowest BCUT2D eigenvalue weighted by Crippen LogP contribution is -2.37. The molecule has 2 rings (SSSR count). The van der Waals surface area contributed by atoms with Gasteiger partial charge in [-0.1, -0.05) is 37.3 Å². The fourth-order valence-electron chi connectivity index (χ4n) is 2.87. The molecule has 0 aliphatic heterocycles. The molecular formula is C23H34IN3O3. The van der Waals surface area contributed by atoms with Crippen molar-refractivity contribution >= 4 is 29.9 Å². The monoisotopic (exact) mass is 527 g/mol. The van der Waals surface area contributed by atoms with E-state index in [0.29, 0.717) is 31.2 Å². The summed E-state index contributed by atoms with van der Waals surface area (Å²) in [5.74, 6) is 2.19. The second-order valence-electron chi connectivity index (χ2n) is 6.56. The first-order valence-electron chi connectivity index (χ1n) is 10.1. The molecule has 0 bridgehead atoms. The Morgan fingerprint density at radius 3 is 2.33 bits per heavy atom. The molecule has 0 aliphatic carbocycles. The lowest BCUT2D eigenvalue weighted by molar-refractivity contribution is 0.121. The van der Waals surface area contributed by atoms with Crippen LogP contribution >= 0.6 is 24.0 Å². The van der Waals surface area contributed by atoms with Crippen LogP contribution in [0, 0.1) is 0 Å². The molecule has 0 saturated heterocycles. The van der Waals surface area contributed by atoms with E-state index in [-0.39, 0.29) is 24.0 Å². The lowest BCUT2D eigenvalue weighted by atomic mass is 10.1. The van der Waals surface area contributed by atoms with Crippen LogP contribution in [-0.4, -0.2) is 33.3 Å². The van der Waals surface area contributed by atoms with Crippen molar-refractivity contribution in [1.82, 2.24) is 10.6 Å². The SMILES string of the molecule is CCCOCc1ccccc1CNC(=NCc1ccc(OC)c(OC)c1)NCC.I. The maximum absolute atomic E-state index is 5.71. The number of nitrogens with one attached hydrogen (secondary N) is 2. The largest absolute Gasteiger partial charge is 0.493 e. The Labute approximate surface area is 197 Å². The summed E-state index contributed by atoms with van der Waals surface area (Å²) in [6.45, 7) is 7.59. The molecule has 6 nitrogen and oxygen atoms in total. The zero-order chi connectivity index (χ0) is 20.9. The van der Waals surface area contributed by atoms with E-state index in [1.54, 1.807) is 14.2 Å². The lowest BCUT2D eigenvalue weighted by Gasteiger charge is -2.14. The Hall–Kier alpha value is -2.00. The molecule has 0 fully saturated rings. The predicted molar refractivity (Wildman–Crippen MR) is 133 cm³/mol. The summed E-state index contributed by atoms with van der Waals surface area (Å²) >= 11 is 0. The third-order valence-corrected chi connectivity index (χ3v) is 4.38. The van der Waals surface area contributed by atoms with Crippen molar-refractivity contribution in [2.45, 2.75) is 40.0 Å². The first-order chi connectivity index (χ1) is 14.2. The normalized spacial score (nSPS) is 10.9. The maximum atomic E-state index is 5.71. The van der Waals surface area contributed by atoms with Gasteiger partial charge in [-0.05, 0) is 42.2 Å². The van der Waals surface area contributed by atoms with Crippen LogP contribution in [0.4, 0.5) is 0 Å². The Morgan fingerprint density at radius 2 is 1.67 bits per heavy atom. The topological polar surface area (TPSA) is 64.1 Å². The van der Waals surface area contributed by atoms with Crippen molar-refractivity contribution in [1.29, 1.82) is 0 Å². The van der Waals surface area contributed by atoms with Crippen LogP contribution in [0.15, 0.2) is 47.5 Å². The molecular weight excluding hydrogens is 493 g/mol. The number of ether oxygens (including phenoxy) is 3. The molecule has 0 heterocycles. The zero-order valence-corrected chi connectivity index (χ0v) is 20.7. The molecule has 166 valence electrons. The van der Waals surface area contributed by atoms with Crippen molar-refractivity contribution < 1.29 is 14.2 Å². The van der Waals surface area contributed by atoms with Crippen molar-refractivity contribution in [3.63, 3.8) is 0 Å². The quantitative estimate of drug-likeness (QED) is 0.195. The molecule has 2 aromatic rings. The molecule has 0 radical (unpaired) electrons. The summed E-state index contributed by atoms with van der Waals surface area (Å²) < 4.78 is 16.4. The maximum Gasteiger partial charge on any atom is 0.191 e. The third kappa shape index (κ3) is 8.39. The Bertz CT molecular complexity index is 784. The van der Waals surface area contributed by atoms with Crippen molar-refractivity contribution in [3.05, 3.63) is 59.2 Å². The Morgan fingerprint density at radius 1 is 0.933 bits per heavy atom. The smallest absolute Gasteiger partial charge is 0.191 e. The minimum Gasteiger partial charge on any atom is -0.493 e. The number of benzene rings is 2. The van der Waals surface area contributed by atoms with Crippen LogP contribution in [0.25, 0.3) is 0 Å². The number of methoxy groups -OCH3 is 2. The summed E-state index contributed by atoms with van der Waals surface area (Å²) in [5, 5.41) is 6.71. The van der Waals surface area contributed by atoms with Gasteiger partial charge in [-0.15, -0.1) is 24.0 Å². The average molecular weight is 527 g/mol. The summed E-state index contributed by atoms with van der Waals surface area (Å²) in [6.07, 6.45) is 1.02. The highest BCUT2D eigenvalue weighted by Gasteiger charge is 2.06. The molecule has 0 spiro atoms. The minimum absolute atomic E-state index is 0. The first-order valence-corrected chi connectivity index (χ1v) is 10.1. The van der Waals surface area contributed by atoms with Gasteiger partial charge in [0, 0.05) is 19.7 Å². The van der Waals surface area contributed by atoms with E-state index in [1.807, 2.05) is 30.3 Å². The van der Waals surface area contributed by atoms with Crippen molar-refractivity contribution in [2.24, 2.45) is 4.99 Å². The molecule has 2 N–H and O–H groups in total. The zero-order valence-electron chi connectivity index (χ0n) is 18.4. The van der Waals surface area contributed by atoms with Gasteiger partial charge in [-0.2, -0.15) is 0 Å². The molecule has 7 heteroatoms. The highest BCUT2D eigenvalue weighted by atomic mass is 127. The number of hydrogen-bond acceptors (Lipinski definition) is 4. The predicted octanol–water partition coefficient (Wildman–Crippen LogP) is 4.50. The Balaban J connectivity index is 0.00000450. The third-order valence-electron chi connectivity index (χ3n) is 4.38. The second kappa shape index (κ2) is 14.9. The highest BCUT2D eigenvalue weighted by Crippen LogP contribution is 2.27. The fraction of sp³-hybridized carbons (Fsp3) is 0.435. The molecule has 2 aromatic carbocycles. The Kier molecular flexibility index (Phi) is 12.9. The van der Waals surface area contributed by atoms with E-state index >= 15 is 0 Å². The van der Waals surface area contributed by atoms with Gasteiger partial charge < -0.3 is 24.8 Å². The highest BCUT2D eigenvalue weighted by molar-refractivity contribution is 14.0. The van der Waals surface area contributed by atoms with E-state index in [1.165, 1.54) is 11.1 Å². The summed E-state index contributed by atoms with van der Waals surface area (Å²) in [7, 11) is 3.27. The van der Waals surface area contributed by atoms with Gasteiger partial charge in [-0.3, -0.25) is 0 Å². The standard InChI is InChI=1S/C23H33N3O3.HI/c1-5-13-29-17-20-10-8-7-9-19(20)16-26-23(24-6-2)25-15-18-11-12-21(27-3)22(14-18)28-4;/h7-12,14H,5-6,13,15-17H2,1-4H3,(H2,24,25,26);1H. The molecule has 30 heavy (non-hydrogen) atoms. The molecule has 0 amide bonds. The van der Waals surface area contributed by atoms with E-state index in [2.05, 4.69) is 36.6 Å². The van der Waals surface area contributed by atoms with E-state index in [0.717, 1.165) is 31.1 Å². The van der Waals surface area contributed by atoms with Crippen LogP contribution in [0.5, 0.6) is 11.5 Å². The van der Waals surface area contributed by atoms with Gasteiger partial charge in [0.15, 0.2) is 17.5 Å². The van der Waals surface area contributed by atoms with Gasteiger partial charge >= 0.3 is 0 Å². The summed E-state index contributed by atoms with van der Waals surface area (Å²) in [6, 6.07) is 14.2. The number of halogens is 1. The summed E-state index contributed by atoms with van der Waals surface area (Å²) in [5.41, 5.74) is 3.46.